The van der Waals surface area contributed by atoms with Gasteiger partial charge in [-0.3, -0.25) is 4.79 Å². The van der Waals surface area contributed by atoms with E-state index < -0.39 is 0 Å². The molecule has 1 aliphatic carbocycles. The molecule has 0 aromatic heterocycles. The van der Waals surface area contributed by atoms with Crippen LogP contribution in [0.2, 0.25) is 5.02 Å². The molecule has 1 aromatic rings. The van der Waals surface area contributed by atoms with Crippen molar-refractivity contribution in [2.75, 3.05) is 0 Å². The van der Waals surface area contributed by atoms with Gasteiger partial charge in [0, 0.05) is 17.9 Å². The van der Waals surface area contributed by atoms with Crippen LogP contribution >= 0.6 is 11.6 Å². The molecule has 0 unspecified atom stereocenters. The molecule has 0 aliphatic heterocycles. The van der Waals surface area contributed by atoms with Crippen molar-refractivity contribution >= 4 is 23.0 Å². The average molecular weight is 377 g/mol. The number of allylic oxidation sites excluding steroid dienone is 4. The number of ketones is 1. The van der Waals surface area contributed by atoms with Crippen LogP contribution in [0.25, 0.3) is 5.57 Å². The second-order valence-electron chi connectivity index (χ2n) is 6.93. The van der Waals surface area contributed by atoms with Crippen LogP contribution in [0.1, 0.15) is 92.1 Å². The van der Waals surface area contributed by atoms with Crippen LogP contribution in [0.4, 0.5) is 0 Å². The molecule has 0 N–H and O–H groups in total. The third-order valence-electron chi connectivity index (χ3n) is 4.51. The maximum atomic E-state index is 10.8. The van der Waals surface area contributed by atoms with E-state index in [0.717, 1.165) is 29.8 Å². The zero-order chi connectivity index (χ0) is 19.9. The van der Waals surface area contributed by atoms with E-state index in [0.29, 0.717) is 12.2 Å². The minimum Gasteiger partial charge on any atom is -0.299 e. The highest BCUT2D eigenvalue weighted by Gasteiger charge is 2.11. The fourth-order valence-electron chi connectivity index (χ4n) is 2.33. The van der Waals surface area contributed by atoms with Gasteiger partial charge in [0.1, 0.15) is 5.78 Å². The second kappa shape index (κ2) is 14.8. The molecule has 1 aromatic carbocycles. The normalized spacial score (nSPS) is 14.3. The van der Waals surface area contributed by atoms with Crippen LogP contribution in [-0.2, 0) is 4.79 Å². The molecular formula is C24H37ClO. The molecule has 0 bridgehead atoms. The van der Waals surface area contributed by atoms with E-state index in [2.05, 4.69) is 46.8 Å². The zero-order valence-corrected chi connectivity index (χ0v) is 18.4. The van der Waals surface area contributed by atoms with Gasteiger partial charge in [-0.05, 0) is 50.8 Å². The number of carbonyl (C=O) groups is 1. The highest BCUT2D eigenvalue weighted by Crippen LogP contribution is 2.23. The minimum atomic E-state index is 0.401. The van der Waals surface area contributed by atoms with Crippen molar-refractivity contribution in [3.05, 3.63) is 52.1 Å². The molecule has 2 rings (SSSR count). The largest absolute Gasteiger partial charge is 0.299 e. The standard InChI is InChI=1S/C12H15Cl.C8H12O.C4H10/c1-3-4-7-10(2)11-8-5-6-9-12(11)13;1-6-3-4-8(9)5-7(6)2;1-3-4-2/h5-9H,3-4H2,1-2H3;3-5H2,1-2H3;3-4H2,1-2H3/b10-7-;;. The molecule has 0 fully saturated rings. The maximum Gasteiger partial charge on any atom is 0.137 e. The molecule has 2 heteroatoms. The summed E-state index contributed by atoms with van der Waals surface area (Å²) in [5.41, 5.74) is 5.12. The Bertz CT molecular complexity index is 594. The van der Waals surface area contributed by atoms with E-state index in [4.69, 9.17) is 11.6 Å². The first-order chi connectivity index (χ1) is 12.4. The summed E-state index contributed by atoms with van der Waals surface area (Å²) in [4.78, 5) is 10.8. The number of benzene rings is 1. The second-order valence-corrected chi connectivity index (χ2v) is 7.34. The van der Waals surface area contributed by atoms with Crippen molar-refractivity contribution in [3.8, 4) is 0 Å². The van der Waals surface area contributed by atoms with Gasteiger partial charge < -0.3 is 0 Å². The van der Waals surface area contributed by atoms with Gasteiger partial charge in [-0.25, -0.2) is 0 Å². The van der Waals surface area contributed by atoms with E-state index in [1.54, 1.807) is 0 Å². The molecule has 0 atom stereocenters. The summed E-state index contributed by atoms with van der Waals surface area (Å²) in [5.74, 6) is 0.401. The molecule has 0 radical (unpaired) electrons. The number of Topliss-reactive ketones (excluding diaryl/α,β-unsaturated/α-hetero) is 1. The molecular weight excluding hydrogens is 340 g/mol. The van der Waals surface area contributed by atoms with E-state index in [-0.39, 0.29) is 0 Å². The Balaban J connectivity index is 0.000000416. The van der Waals surface area contributed by atoms with Crippen molar-refractivity contribution in [1.29, 1.82) is 0 Å². The quantitative estimate of drug-likeness (QED) is 0.482. The predicted molar refractivity (Wildman–Crippen MR) is 118 cm³/mol. The smallest absolute Gasteiger partial charge is 0.137 e. The van der Waals surface area contributed by atoms with Crippen molar-refractivity contribution in [2.24, 2.45) is 0 Å². The lowest BCUT2D eigenvalue weighted by Gasteiger charge is -2.12. The van der Waals surface area contributed by atoms with Gasteiger partial charge in [0.05, 0.1) is 0 Å². The highest BCUT2D eigenvalue weighted by molar-refractivity contribution is 6.32. The molecule has 0 heterocycles. The number of unbranched alkanes of at least 4 members (excludes halogenated alkanes) is 2. The third kappa shape index (κ3) is 10.6. The van der Waals surface area contributed by atoms with E-state index >= 15 is 0 Å². The number of carbonyl (C=O) groups excluding carboxylic acids is 1. The summed E-state index contributed by atoms with van der Waals surface area (Å²) >= 11 is 6.06. The highest BCUT2D eigenvalue weighted by atomic mass is 35.5. The van der Waals surface area contributed by atoms with Crippen LogP contribution in [0, 0.1) is 0 Å². The zero-order valence-electron chi connectivity index (χ0n) is 17.6. The van der Waals surface area contributed by atoms with Gasteiger partial charge in [0.15, 0.2) is 0 Å². The lowest BCUT2D eigenvalue weighted by Crippen LogP contribution is -2.05. The summed E-state index contributed by atoms with van der Waals surface area (Å²) < 4.78 is 0. The first kappa shape index (κ1) is 24.7. The Morgan fingerprint density at radius 2 is 1.62 bits per heavy atom. The van der Waals surface area contributed by atoms with E-state index in [9.17, 15) is 4.79 Å². The van der Waals surface area contributed by atoms with Crippen molar-refractivity contribution < 1.29 is 4.79 Å². The van der Waals surface area contributed by atoms with Gasteiger partial charge in [-0.1, -0.05) is 87.1 Å². The summed E-state index contributed by atoms with van der Waals surface area (Å²) in [6, 6.07) is 7.97. The maximum absolute atomic E-state index is 10.8. The molecule has 0 spiro atoms. The lowest BCUT2D eigenvalue weighted by atomic mass is 9.93. The Hall–Kier alpha value is -1.34. The van der Waals surface area contributed by atoms with Gasteiger partial charge in [0.2, 0.25) is 0 Å². The molecule has 26 heavy (non-hydrogen) atoms. The predicted octanol–water partition coefficient (Wildman–Crippen LogP) is 8.43. The third-order valence-corrected chi connectivity index (χ3v) is 4.84. The molecule has 0 saturated heterocycles. The first-order valence-corrected chi connectivity index (χ1v) is 10.3. The van der Waals surface area contributed by atoms with E-state index in [1.807, 2.05) is 25.1 Å². The summed E-state index contributed by atoms with van der Waals surface area (Å²) in [5, 5.41) is 0.840. The van der Waals surface area contributed by atoms with Gasteiger partial charge in [-0.2, -0.15) is 0 Å². The molecule has 0 amide bonds. The Kier molecular flexibility index (Phi) is 14.0. The summed E-state index contributed by atoms with van der Waals surface area (Å²) in [6.07, 6.45) is 9.64. The lowest BCUT2D eigenvalue weighted by molar-refractivity contribution is -0.118. The van der Waals surface area contributed by atoms with Crippen LogP contribution in [0.15, 0.2) is 41.5 Å². The fraction of sp³-hybridized carbons (Fsp3) is 0.542. The van der Waals surface area contributed by atoms with Gasteiger partial charge >= 0.3 is 0 Å². The van der Waals surface area contributed by atoms with Crippen molar-refractivity contribution in [3.63, 3.8) is 0 Å². The molecule has 1 aliphatic rings. The number of hydrogen-bond donors (Lipinski definition) is 0. The van der Waals surface area contributed by atoms with Gasteiger partial charge in [-0.15, -0.1) is 0 Å². The molecule has 0 saturated carbocycles. The fourth-order valence-corrected chi connectivity index (χ4v) is 2.61. The Morgan fingerprint density at radius 3 is 2.08 bits per heavy atom. The average Bonchev–Trinajstić information content (AvgIpc) is 2.64. The van der Waals surface area contributed by atoms with Crippen molar-refractivity contribution in [2.45, 2.75) is 86.5 Å². The number of hydrogen-bond acceptors (Lipinski definition) is 1. The van der Waals surface area contributed by atoms with Crippen LogP contribution in [0.3, 0.4) is 0 Å². The number of halogens is 1. The van der Waals surface area contributed by atoms with Crippen molar-refractivity contribution in [1.82, 2.24) is 0 Å². The van der Waals surface area contributed by atoms with Crippen LogP contribution in [0.5, 0.6) is 0 Å². The summed E-state index contributed by atoms with van der Waals surface area (Å²) in [6.45, 7) is 12.8. The topological polar surface area (TPSA) is 17.1 Å². The van der Waals surface area contributed by atoms with Crippen LogP contribution in [-0.4, -0.2) is 5.78 Å². The van der Waals surface area contributed by atoms with E-state index in [1.165, 1.54) is 36.0 Å². The Labute approximate surface area is 166 Å². The van der Waals surface area contributed by atoms with Gasteiger partial charge in [0.25, 0.3) is 0 Å². The SMILES string of the molecule is CC1=C(C)CC(=O)CC1.CCC/C=C(/C)c1ccccc1Cl.CCCC. The minimum absolute atomic E-state index is 0.401. The molecule has 146 valence electrons. The van der Waals surface area contributed by atoms with Crippen LogP contribution < -0.4 is 0 Å². The molecule has 1 nitrogen and oxygen atoms in total. The Morgan fingerprint density at radius 1 is 1.00 bits per heavy atom. The number of rotatable bonds is 4. The summed E-state index contributed by atoms with van der Waals surface area (Å²) in [7, 11) is 0. The first-order valence-electron chi connectivity index (χ1n) is 9.95. The monoisotopic (exact) mass is 376 g/mol.